The van der Waals surface area contributed by atoms with Gasteiger partial charge in [-0.25, -0.2) is 4.99 Å². The van der Waals surface area contributed by atoms with E-state index in [1.807, 2.05) is 32.0 Å². The molecule has 1 aliphatic rings. The minimum Gasteiger partial charge on any atom is -0.493 e. The number of nitrogens with two attached hydrogens (primary N) is 2. The number of hydrogen-bond donors (Lipinski definition) is 2. The summed E-state index contributed by atoms with van der Waals surface area (Å²) < 4.78 is 5.81. The minimum absolute atomic E-state index is 0. The number of halogens is 1. The quantitative estimate of drug-likeness (QED) is 0.684. The van der Waals surface area contributed by atoms with E-state index in [-0.39, 0.29) is 28.9 Å². The van der Waals surface area contributed by atoms with E-state index < -0.39 is 5.66 Å². The molecular formula is C16H26BrN5O2. The van der Waals surface area contributed by atoms with E-state index in [0.717, 1.165) is 18.6 Å². The predicted molar refractivity (Wildman–Crippen MR) is 101 cm³/mol. The summed E-state index contributed by atoms with van der Waals surface area (Å²) in [6.45, 7) is 6.83. The van der Waals surface area contributed by atoms with Gasteiger partial charge in [-0.15, -0.1) is 17.0 Å². The Morgan fingerprint density at radius 1 is 1.17 bits per heavy atom. The number of aliphatic imine (C=N–C) groups is 2. The first kappa shape index (κ1) is 20.2. The van der Waals surface area contributed by atoms with Crippen LogP contribution in [0.15, 0.2) is 34.3 Å². The fraction of sp³-hybridized carbons (Fsp3) is 0.500. The van der Waals surface area contributed by atoms with Crippen molar-refractivity contribution < 1.29 is 9.57 Å². The van der Waals surface area contributed by atoms with Crippen LogP contribution in [0.2, 0.25) is 0 Å². The lowest BCUT2D eigenvalue weighted by Gasteiger charge is -2.36. The molecule has 0 spiro atoms. The van der Waals surface area contributed by atoms with Crippen molar-refractivity contribution in [2.45, 2.75) is 39.3 Å². The molecule has 0 saturated carbocycles. The third-order valence-corrected chi connectivity index (χ3v) is 3.44. The molecule has 4 N–H and O–H groups in total. The van der Waals surface area contributed by atoms with Gasteiger partial charge in [0, 0.05) is 6.42 Å². The molecular weight excluding hydrogens is 374 g/mol. The van der Waals surface area contributed by atoms with Crippen molar-refractivity contribution in [3.8, 4) is 5.75 Å². The summed E-state index contributed by atoms with van der Waals surface area (Å²) in [5.74, 6) is 1.29. The molecule has 7 nitrogen and oxygen atoms in total. The Hall–Kier alpha value is -1.80. The van der Waals surface area contributed by atoms with Gasteiger partial charge in [0.2, 0.25) is 11.9 Å². The minimum atomic E-state index is -0.675. The highest BCUT2D eigenvalue weighted by Crippen LogP contribution is 2.20. The van der Waals surface area contributed by atoms with Crippen LogP contribution in [0.5, 0.6) is 5.75 Å². The fourth-order valence-electron chi connectivity index (χ4n) is 2.35. The summed E-state index contributed by atoms with van der Waals surface area (Å²) >= 11 is 0. The average Bonchev–Trinajstić information content (AvgIpc) is 2.48. The summed E-state index contributed by atoms with van der Waals surface area (Å²) in [4.78, 5) is 13.8. The van der Waals surface area contributed by atoms with E-state index in [1.54, 1.807) is 0 Å². The van der Waals surface area contributed by atoms with Crippen LogP contribution in [0.1, 0.15) is 32.8 Å². The molecule has 134 valence electrons. The first-order valence-electron chi connectivity index (χ1n) is 7.77. The topological polar surface area (TPSA) is 98.5 Å². The number of guanidine groups is 2. The van der Waals surface area contributed by atoms with Gasteiger partial charge in [-0.2, -0.15) is 10.1 Å². The number of aryl methyl sites for hydroxylation is 1. The molecule has 0 aromatic heterocycles. The van der Waals surface area contributed by atoms with Gasteiger partial charge < -0.3 is 16.2 Å². The molecule has 0 amide bonds. The molecule has 0 bridgehead atoms. The molecule has 0 atom stereocenters. The van der Waals surface area contributed by atoms with Gasteiger partial charge in [0.15, 0.2) is 5.66 Å². The highest BCUT2D eigenvalue weighted by Gasteiger charge is 2.32. The first-order chi connectivity index (χ1) is 10.9. The number of hydroxylamine groups is 2. The van der Waals surface area contributed by atoms with Gasteiger partial charge in [-0.05, 0) is 31.9 Å². The second-order valence-corrected chi connectivity index (χ2v) is 5.73. The van der Waals surface area contributed by atoms with E-state index in [2.05, 4.69) is 23.0 Å². The molecule has 1 aromatic rings. The number of para-hydroxylation sites is 1. The lowest BCUT2D eigenvalue weighted by molar-refractivity contribution is -0.158. The van der Waals surface area contributed by atoms with Gasteiger partial charge in [0.1, 0.15) is 5.75 Å². The Balaban J connectivity index is 0.00000288. The average molecular weight is 400 g/mol. The Kier molecular flexibility index (Phi) is 7.50. The molecule has 0 saturated heterocycles. The van der Waals surface area contributed by atoms with Gasteiger partial charge in [0.05, 0.1) is 13.2 Å². The fourth-order valence-corrected chi connectivity index (χ4v) is 2.35. The largest absolute Gasteiger partial charge is 0.493 e. The van der Waals surface area contributed by atoms with Crippen LogP contribution in [-0.4, -0.2) is 35.9 Å². The standard InChI is InChI=1S/C16H25N5O2.BrH/c1-4-12-8-5-6-9-13(12)22-10-7-11-23-21-15(18)19-14(17)20-16(21,2)3;/h5-6,8-9H,4,7,10-11H2,1-3H3,(H4,17,18,19,20);1H. The van der Waals surface area contributed by atoms with Crippen molar-refractivity contribution in [2.75, 3.05) is 13.2 Å². The molecule has 0 unspecified atom stereocenters. The molecule has 0 fully saturated rings. The van der Waals surface area contributed by atoms with E-state index in [4.69, 9.17) is 21.0 Å². The van der Waals surface area contributed by atoms with E-state index in [0.29, 0.717) is 13.2 Å². The van der Waals surface area contributed by atoms with Crippen LogP contribution < -0.4 is 16.2 Å². The highest BCUT2D eigenvalue weighted by molar-refractivity contribution is 8.93. The van der Waals surface area contributed by atoms with Crippen LogP contribution in [0.4, 0.5) is 0 Å². The Bertz CT molecular complexity index is 604. The number of hydrogen-bond acceptors (Lipinski definition) is 7. The van der Waals surface area contributed by atoms with Crippen molar-refractivity contribution in [3.63, 3.8) is 0 Å². The Morgan fingerprint density at radius 3 is 2.54 bits per heavy atom. The van der Waals surface area contributed by atoms with Crippen molar-refractivity contribution in [3.05, 3.63) is 29.8 Å². The Morgan fingerprint density at radius 2 is 1.88 bits per heavy atom. The SMILES string of the molecule is Br.CCc1ccccc1OCCCON1C(N)=NC(N)=NC1(C)C. The van der Waals surface area contributed by atoms with Crippen LogP contribution in [0.25, 0.3) is 0 Å². The molecule has 2 rings (SSSR count). The third-order valence-electron chi connectivity index (χ3n) is 3.44. The number of ether oxygens (including phenoxy) is 1. The molecule has 1 aliphatic heterocycles. The molecule has 1 heterocycles. The monoisotopic (exact) mass is 399 g/mol. The summed E-state index contributed by atoms with van der Waals surface area (Å²) in [5, 5.41) is 1.48. The number of benzene rings is 1. The summed E-state index contributed by atoms with van der Waals surface area (Å²) in [6.07, 6.45) is 1.66. The smallest absolute Gasteiger partial charge is 0.226 e. The lowest BCUT2D eigenvalue weighted by atomic mass is 10.1. The van der Waals surface area contributed by atoms with Crippen LogP contribution >= 0.6 is 17.0 Å². The van der Waals surface area contributed by atoms with Crippen LogP contribution in [0.3, 0.4) is 0 Å². The zero-order valence-electron chi connectivity index (χ0n) is 14.4. The van der Waals surface area contributed by atoms with Crippen LogP contribution in [-0.2, 0) is 11.3 Å². The second-order valence-electron chi connectivity index (χ2n) is 5.73. The molecule has 24 heavy (non-hydrogen) atoms. The third kappa shape index (κ3) is 5.10. The van der Waals surface area contributed by atoms with Crippen molar-refractivity contribution >= 4 is 28.9 Å². The van der Waals surface area contributed by atoms with Gasteiger partial charge in [-0.3, -0.25) is 4.84 Å². The predicted octanol–water partition coefficient (Wildman–Crippen LogP) is 2.21. The second kappa shape index (κ2) is 8.89. The summed E-state index contributed by atoms with van der Waals surface area (Å²) in [6, 6.07) is 8.04. The summed E-state index contributed by atoms with van der Waals surface area (Å²) in [7, 11) is 0. The zero-order valence-corrected chi connectivity index (χ0v) is 16.1. The molecule has 8 heteroatoms. The maximum Gasteiger partial charge on any atom is 0.226 e. The highest BCUT2D eigenvalue weighted by atomic mass is 79.9. The van der Waals surface area contributed by atoms with Gasteiger partial charge in [-0.1, -0.05) is 25.1 Å². The molecule has 1 aromatic carbocycles. The van der Waals surface area contributed by atoms with Gasteiger partial charge >= 0.3 is 0 Å². The summed E-state index contributed by atoms with van der Waals surface area (Å²) in [5.41, 5.74) is 12.0. The lowest BCUT2D eigenvalue weighted by Crippen LogP contribution is -2.53. The molecule has 0 aliphatic carbocycles. The maximum absolute atomic E-state index is 5.85. The number of rotatable bonds is 7. The maximum atomic E-state index is 5.85. The van der Waals surface area contributed by atoms with Gasteiger partial charge in [0.25, 0.3) is 0 Å². The van der Waals surface area contributed by atoms with Crippen LogP contribution in [0, 0.1) is 0 Å². The van der Waals surface area contributed by atoms with E-state index in [1.165, 1.54) is 10.6 Å². The first-order valence-corrected chi connectivity index (χ1v) is 7.77. The molecule has 0 radical (unpaired) electrons. The zero-order chi connectivity index (χ0) is 16.9. The normalized spacial score (nSPS) is 16.0. The van der Waals surface area contributed by atoms with E-state index in [9.17, 15) is 0 Å². The Labute approximate surface area is 153 Å². The van der Waals surface area contributed by atoms with Crippen molar-refractivity contribution in [1.82, 2.24) is 5.06 Å². The number of nitrogens with zero attached hydrogens (tertiary/aromatic N) is 3. The van der Waals surface area contributed by atoms with E-state index >= 15 is 0 Å². The van der Waals surface area contributed by atoms with Crippen molar-refractivity contribution in [2.24, 2.45) is 21.5 Å². The van der Waals surface area contributed by atoms with Crippen molar-refractivity contribution in [1.29, 1.82) is 0 Å².